The smallest absolute Gasteiger partial charge is 0.130 e. The molecule has 5 heteroatoms. The molecular formula is C24H18FN3O. The fourth-order valence-electron chi connectivity index (χ4n) is 3.29. The molecule has 142 valence electrons. The van der Waals surface area contributed by atoms with Gasteiger partial charge in [0.1, 0.15) is 11.9 Å². The van der Waals surface area contributed by atoms with Crippen molar-refractivity contribution in [3.05, 3.63) is 114 Å². The number of nitrogens with zero attached hydrogens (tertiary/aromatic N) is 3. The van der Waals surface area contributed by atoms with Crippen LogP contribution in [-0.2, 0) is 6.54 Å². The van der Waals surface area contributed by atoms with E-state index >= 15 is 0 Å². The summed E-state index contributed by atoms with van der Waals surface area (Å²) in [6.07, 6.45) is 2.01. The first-order valence-corrected chi connectivity index (χ1v) is 9.17. The quantitative estimate of drug-likeness (QED) is 0.544. The fourth-order valence-corrected chi connectivity index (χ4v) is 3.29. The molecule has 3 aromatic carbocycles. The molecule has 0 fully saturated rings. The Morgan fingerprint density at radius 2 is 1.76 bits per heavy atom. The molecule has 0 saturated heterocycles. The molecule has 4 rings (SSSR count). The van der Waals surface area contributed by atoms with E-state index in [0.717, 1.165) is 16.7 Å². The van der Waals surface area contributed by atoms with E-state index in [2.05, 4.69) is 11.1 Å². The Hall–Kier alpha value is -3.75. The van der Waals surface area contributed by atoms with Gasteiger partial charge in [-0.15, -0.1) is 0 Å². The molecule has 0 radical (unpaired) electrons. The summed E-state index contributed by atoms with van der Waals surface area (Å²) >= 11 is 0. The van der Waals surface area contributed by atoms with Crippen LogP contribution in [0.3, 0.4) is 0 Å². The summed E-state index contributed by atoms with van der Waals surface area (Å²) in [6, 6.07) is 23.7. The third-order valence-electron chi connectivity index (χ3n) is 4.86. The van der Waals surface area contributed by atoms with Crippen molar-refractivity contribution in [3.8, 4) is 17.2 Å². The highest BCUT2D eigenvalue weighted by Gasteiger charge is 2.19. The zero-order valence-corrected chi connectivity index (χ0v) is 15.5. The summed E-state index contributed by atoms with van der Waals surface area (Å²) in [6.45, 7) is 0.460. The van der Waals surface area contributed by atoms with Crippen molar-refractivity contribution in [3.63, 3.8) is 0 Å². The van der Waals surface area contributed by atoms with Crippen molar-refractivity contribution in [2.75, 3.05) is 0 Å². The van der Waals surface area contributed by atoms with Gasteiger partial charge in [0.25, 0.3) is 0 Å². The number of hydrogen-bond donors (Lipinski definition) is 1. The first kappa shape index (κ1) is 18.6. The van der Waals surface area contributed by atoms with Crippen LogP contribution in [0.4, 0.5) is 4.39 Å². The molecule has 0 amide bonds. The molecule has 1 unspecified atom stereocenters. The van der Waals surface area contributed by atoms with E-state index < -0.39 is 11.9 Å². The van der Waals surface area contributed by atoms with Gasteiger partial charge < -0.3 is 9.67 Å². The van der Waals surface area contributed by atoms with Gasteiger partial charge >= 0.3 is 0 Å². The fraction of sp³-hybridized carbons (Fsp3) is 0.0833. The highest BCUT2D eigenvalue weighted by atomic mass is 19.1. The van der Waals surface area contributed by atoms with Crippen molar-refractivity contribution < 1.29 is 9.50 Å². The van der Waals surface area contributed by atoms with E-state index in [1.807, 2.05) is 42.5 Å². The number of halogens is 1. The van der Waals surface area contributed by atoms with Gasteiger partial charge in [-0.05, 0) is 34.9 Å². The van der Waals surface area contributed by atoms with E-state index in [9.17, 15) is 9.50 Å². The minimum atomic E-state index is -1.14. The molecule has 0 saturated carbocycles. The molecule has 1 heterocycles. The second kappa shape index (κ2) is 8.09. The Labute approximate surface area is 168 Å². The molecule has 1 atom stereocenters. The molecule has 29 heavy (non-hydrogen) atoms. The van der Waals surface area contributed by atoms with Gasteiger partial charge in [0.05, 0.1) is 29.9 Å². The number of aliphatic hydroxyl groups is 1. The summed E-state index contributed by atoms with van der Waals surface area (Å²) in [7, 11) is 0. The zero-order chi connectivity index (χ0) is 20.2. The summed E-state index contributed by atoms with van der Waals surface area (Å²) < 4.78 is 16.6. The Morgan fingerprint density at radius 1 is 1.00 bits per heavy atom. The predicted molar refractivity (Wildman–Crippen MR) is 108 cm³/mol. The maximum atomic E-state index is 14.8. The van der Waals surface area contributed by atoms with Crippen LogP contribution in [0.15, 0.2) is 85.3 Å². The summed E-state index contributed by atoms with van der Waals surface area (Å²) in [5.41, 5.74) is 3.91. The van der Waals surface area contributed by atoms with Crippen LogP contribution < -0.4 is 0 Å². The number of aromatic nitrogens is 2. The predicted octanol–water partition coefficient (Wildman–Crippen LogP) is 4.69. The third kappa shape index (κ3) is 3.93. The lowest BCUT2D eigenvalue weighted by Gasteiger charge is -2.16. The number of aliphatic hydroxyl groups excluding tert-OH is 1. The van der Waals surface area contributed by atoms with Crippen LogP contribution >= 0.6 is 0 Å². The maximum Gasteiger partial charge on any atom is 0.130 e. The minimum Gasteiger partial charge on any atom is -0.382 e. The highest BCUT2D eigenvalue weighted by molar-refractivity contribution is 5.63. The van der Waals surface area contributed by atoms with Crippen molar-refractivity contribution in [2.45, 2.75) is 12.6 Å². The molecule has 4 nitrogen and oxygen atoms in total. The topological polar surface area (TPSA) is 61.8 Å². The van der Waals surface area contributed by atoms with Gasteiger partial charge in [-0.2, -0.15) is 5.26 Å². The van der Waals surface area contributed by atoms with Gasteiger partial charge in [-0.1, -0.05) is 54.6 Å². The van der Waals surface area contributed by atoms with Gasteiger partial charge in [0, 0.05) is 12.1 Å². The lowest BCUT2D eigenvalue weighted by molar-refractivity contribution is 0.205. The molecule has 1 N–H and O–H groups in total. The normalized spacial score (nSPS) is 11.8. The van der Waals surface area contributed by atoms with E-state index in [0.29, 0.717) is 17.8 Å². The average Bonchev–Trinajstić information content (AvgIpc) is 3.22. The lowest BCUT2D eigenvalue weighted by Crippen LogP contribution is -2.10. The van der Waals surface area contributed by atoms with Crippen LogP contribution in [0.2, 0.25) is 0 Å². The molecule has 0 aliphatic heterocycles. The number of nitriles is 1. The monoisotopic (exact) mass is 383 g/mol. The Morgan fingerprint density at radius 3 is 2.45 bits per heavy atom. The molecule has 4 aromatic rings. The largest absolute Gasteiger partial charge is 0.382 e. The lowest BCUT2D eigenvalue weighted by atomic mass is 10.00. The van der Waals surface area contributed by atoms with Crippen LogP contribution in [-0.4, -0.2) is 14.7 Å². The van der Waals surface area contributed by atoms with Crippen LogP contribution in [0.25, 0.3) is 11.1 Å². The first-order valence-electron chi connectivity index (χ1n) is 9.17. The van der Waals surface area contributed by atoms with Crippen LogP contribution in [0.1, 0.15) is 28.5 Å². The first-order chi connectivity index (χ1) is 14.2. The molecule has 0 aliphatic rings. The van der Waals surface area contributed by atoms with E-state index in [1.54, 1.807) is 41.4 Å². The number of benzene rings is 3. The van der Waals surface area contributed by atoms with Crippen molar-refractivity contribution in [1.29, 1.82) is 5.26 Å². The molecular weight excluding hydrogens is 365 g/mol. The standard InChI is InChI=1S/C24H18FN3O/c25-22-12-20(19-4-2-1-3-5-19)10-11-21(22)24(29)23-14-27-16-28(23)15-18-8-6-17(13-26)7-9-18/h1-12,14,16,24,29H,15H2. The number of hydrogen-bond acceptors (Lipinski definition) is 3. The molecule has 0 bridgehead atoms. The third-order valence-corrected chi connectivity index (χ3v) is 4.86. The van der Waals surface area contributed by atoms with Gasteiger partial charge in [0.2, 0.25) is 0 Å². The summed E-state index contributed by atoms with van der Waals surface area (Å²) in [5, 5.41) is 19.7. The van der Waals surface area contributed by atoms with Crippen LogP contribution in [0, 0.1) is 17.1 Å². The summed E-state index contributed by atoms with van der Waals surface area (Å²) in [5.74, 6) is -0.468. The molecule has 0 aliphatic carbocycles. The van der Waals surface area contributed by atoms with Crippen LogP contribution in [0.5, 0.6) is 0 Å². The molecule has 0 spiro atoms. The second-order valence-corrected chi connectivity index (χ2v) is 6.76. The Bertz CT molecular complexity index is 1160. The number of imidazole rings is 1. The Kier molecular flexibility index (Phi) is 5.19. The van der Waals surface area contributed by atoms with Gasteiger partial charge in [-0.3, -0.25) is 0 Å². The van der Waals surface area contributed by atoms with E-state index in [4.69, 9.17) is 5.26 Å². The zero-order valence-electron chi connectivity index (χ0n) is 15.5. The highest BCUT2D eigenvalue weighted by Crippen LogP contribution is 2.28. The SMILES string of the molecule is N#Cc1ccc(Cn2cncc2C(O)c2ccc(-c3ccccc3)cc2F)cc1. The van der Waals surface area contributed by atoms with E-state index in [-0.39, 0.29) is 5.56 Å². The van der Waals surface area contributed by atoms with Gasteiger partial charge in [-0.25, -0.2) is 9.37 Å². The average molecular weight is 383 g/mol. The Balaban J connectivity index is 1.60. The maximum absolute atomic E-state index is 14.8. The molecule has 1 aromatic heterocycles. The number of rotatable bonds is 5. The van der Waals surface area contributed by atoms with Crippen molar-refractivity contribution in [2.24, 2.45) is 0 Å². The van der Waals surface area contributed by atoms with Crippen molar-refractivity contribution >= 4 is 0 Å². The van der Waals surface area contributed by atoms with Gasteiger partial charge in [0.15, 0.2) is 0 Å². The van der Waals surface area contributed by atoms with Crippen molar-refractivity contribution in [1.82, 2.24) is 9.55 Å². The second-order valence-electron chi connectivity index (χ2n) is 6.76. The minimum absolute atomic E-state index is 0.200. The summed E-state index contributed by atoms with van der Waals surface area (Å²) in [4.78, 5) is 4.12. The van der Waals surface area contributed by atoms with E-state index in [1.165, 1.54) is 6.07 Å².